The molecule has 110 valence electrons. The average Bonchev–Trinajstić information content (AvgIpc) is 2.48. The van der Waals surface area contributed by atoms with Gasteiger partial charge in [-0.05, 0) is 12.1 Å². The molecule has 0 heterocycles. The van der Waals surface area contributed by atoms with E-state index in [0.717, 1.165) is 17.7 Å². The molecule has 0 amide bonds. The topological polar surface area (TPSA) is 47.9 Å². The first-order valence-corrected chi connectivity index (χ1v) is 6.76. The van der Waals surface area contributed by atoms with Crippen LogP contribution in [0.5, 0.6) is 5.75 Å². The van der Waals surface area contributed by atoms with Gasteiger partial charge in [-0.25, -0.2) is 0 Å². The summed E-state index contributed by atoms with van der Waals surface area (Å²) in [5.41, 5.74) is 0.848. The van der Waals surface area contributed by atoms with Crippen molar-refractivity contribution >= 4 is 0 Å². The van der Waals surface area contributed by atoms with Crippen LogP contribution in [0.1, 0.15) is 18.4 Å². The molecule has 1 aromatic rings. The Morgan fingerprint density at radius 1 is 1.10 bits per heavy atom. The molecule has 4 nitrogen and oxygen atoms in total. The number of methoxy groups -OCH3 is 1. The Balaban J connectivity index is 2.31. The SMILES string of the molecule is COCCOCCCOc1ccccc1C#CCCO. The van der Waals surface area contributed by atoms with E-state index in [-0.39, 0.29) is 6.61 Å². The minimum Gasteiger partial charge on any atom is -0.492 e. The maximum absolute atomic E-state index is 8.72. The van der Waals surface area contributed by atoms with Gasteiger partial charge >= 0.3 is 0 Å². The molecule has 0 radical (unpaired) electrons. The van der Waals surface area contributed by atoms with Crippen LogP contribution in [-0.4, -0.2) is 45.3 Å². The van der Waals surface area contributed by atoms with Gasteiger partial charge in [0, 0.05) is 26.6 Å². The lowest BCUT2D eigenvalue weighted by atomic mass is 10.2. The third-order valence-electron chi connectivity index (χ3n) is 2.47. The first kappa shape index (κ1) is 16.5. The summed E-state index contributed by atoms with van der Waals surface area (Å²) in [6.45, 7) is 2.55. The van der Waals surface area contributed by atoms with Gasteiger partial charge in [0.25, 0.3) is 0 Å². The molecule has 0 aliphatic carbocycles. The summed E-state index contributed by atoms with van der Waals surface area (Å²) in [5.74, 6) is 6.67. The third kappa shape index (κ3) is 7.15. The van der Waals surface area contributed by atoms with Crippen LogP contribution in [0.3, 0.4) is 0 Å². The van der Waals surface area contributed by atoms with Crippen molar-refractivity contribution in [2.45, 2.75) is 12.8 Å². The molecule has 0 aliphatic rings. The lowest BCUT2D eigenvalue weighted by Gasteiger charge is -2.08. The summed E-state index contributed by atoms with van der Waals surface area (Å²) in [5, 5.41) is 8.72. The van der Waals surface area contributed by atoms with Crippen LogP contribution in [-0.2, 0) is 9.47 Å². The minimum atomic E-state index is 0.0782. The number of benzene rings is 1. The maximum atomic E-state index is 8.72. The highest BCUT2D eigenvalue weighted by Crippen LogP contribution is 2.16. The Morgan fingerprint density at radius 3 is 2.75 bits per heavy atom. The second kappa shape index (κ2) is 11.3. The van der Waals surface area contributed by atoms with Crippen LogP contribution < -0.4 is 4.74 Å². The lowest BCUT2D eigenvalue weighted by molar-refractivity contribution is 0.0644. The molecule has 4 heteroatoms. The molecule has 0 aliphatic heterocycles. The number of aliphatic hydroxyl groups is 1. The van der Waals surface area contributed by atoms with Crippen LogP contribution in [0.15, 0.2) is 24.3 Å². The number of para-hydroxylation sites is 1. The first-order chi connectivity index (χ1) is 9.88. The van der Waals surface area contributed by atoms with Gasteiger partial charge in [0.1, 0.15) is 5.75 Å². The van der Waals surface area contributed by atoms with Crippen LogP contribution in [0.25, 0.3) is 0 Å². The largest absolute Gasteiger partial charge is 0.492 e. The number of hydrogen-bond acceptors (Lipinski definition) is 4. The molecular weight excluding hydrogens is 256 g/mol. The molecule has 0 bridgehead atoms. The van der Waals surface area contributed by atoms with Gasteiger partial charge in [-0.3, -0.25) is 0 Å². The summed E-state index contributed by atoms with van der Waals surface area (Å²) in [7, 11) is 1.65. The second-order valence-electron chi connectivity index (χ2n) is 4.08. The van der Waals surface area contributed by atoms with E-state index in [1.807, 2.05) is 24.3 Å². The fraction of sp³-hybridized carbons (Fsp3) is 0.500. The molecule has 0 unspecified atom stereocenters. The summed E-state index contributed by atoms with van der Waals surface area (Å²) < 4.78 is 15.9. The zero-order valence-electron chi connectivity index (χ0n) is 11.9. The molecule has 20 heavy (non-hydrogen) atoms. The van der Waals surface area contributed by atoms with Gasteiger partial charge in [-0.15, -0.1) is 0 Å². The van der Waals surface area contributed by atoms with E-state index in [1.54, 1.807) is 7.11 Å². The Labute approximate surface area is 120 Å². The van der Waals surface area contributed by atoms with E-state index in [0.29, 0.717) is 32.8 Å². The molecule has 0 saturated heterocycles. The predicted molar refractivity (Wildman–Crippen MR) is 77.8 cm³/mol. The van der Waals surface area contributed by atoms with E-state index >= 15 is 0 Å². The highest BCUT2D eigenvalue weighted by molar-refractivity contribution is 5.45. The molecule has 0 atom stereocenters. The molecule has 0 spiro atoms. The lowest BCUT2D eigenvalue weighted by Crippen LogP contribution is -2.07. The highest BCUT2D eigenvalue weighted by Gasteiger charge is 1.99. The Morgan fingerprint density at radius 2 is 1.95 bits per heavy atom. The van der Waals surface area contributed by atoms with Crippen molar-refractivity contribution in [1.29, 1.82) is 0 Å². The molecular formula is C16H22O4. The van der Waals surface area contributed by atoms with E-state index < -0.39 is 0 Å². The molecule has 1 aromatic carbocycles. The van der Waals surface area contributed by atoms with Gasteiger partial charge in [-0.2, -0.15) is 0 Å². The van der Waals surface area contributed by atoms with Gasteiger partial charge < -0.3 is 19.3 Å². The smallest absolute Gasteiger partial charge is 0.134 e. The van der Waals surface area contributed by atoms with E-state index in [9.17, 15) is 0 Å². The van der Waals surface area contributed by atoms with Crippen molar-refractivity contribution in [2.75, 3.05) is 40.1 Å². The Kier molecular flexibility index (Phi) is 9.33. The monoisotopic (exact) mass is 278 g/mol. The number of hydrogen-bond donors (Lipinski definition) is 1. The van der Waals surface area contributed by atoms with Crippen molar-refractivity contribution < 1.29 is 19.3 Å². The van der Waals surface area contributed by atoms with Crippen molar-refractivity contribution in [1.82, 2.24) is 0 Å². The fourth-order valence-corrected chi connectivity index (χ4v) is 1.50. The number of ether oxygens (including phenoxy) is 3. The fourth-order valence-electron chi connectivity index (χ4n) is 1.50. The van der Waals surface area contributed by atoms with E-state index in [4.69, 9.17) is 19.3 Å². The minimum absolute atomic E-state index is 0.0782. The molecule has 0 saturated carbocycles. The van der Waals surface area contributed by atoms with Crippen LogP contribution in [0, 0.1) is 11.8 Å². The standard InChI is InChI=1S/C16H22O4/c1-18-13-14-19-11-6-12-20-16-9-3-2-7-15(16)8-4-5-10-17/h2-3,7,9,17H,5-6,10-14H2,1H3. The van der Waals surface area contributed by atoms with E-state index in [1.165, 1.54) is 0 Å². The van der Waals surface area contributed by atoms with Gasteiger partial charge in [0.2, 0.25) is 0 Å². The predicted octanol–water partition coefficient (Wildman–Crippen LogP) is 1.85. The van der Waals surface area contributed by atoms with E-state index in [2.05, 4.69) is 11.8 Å². The van der Waals surface area contributed by atoms with Crippen LogP contribution >= 0.6 is 0 Å². The quantitative estimate of drug-likeness (QED) is 0.553. The second-order valence-corrected chi connectivity index (χ2v) is 4.08. The zero-order valence-corrected chi connectivity index (χ0v) is 11.9. The Bertz CT molecular complexity index is 420. The third-order valence-corrected chi connectivity index (χ3v) is 2.47. The van der Waals surface area contributed by atoms with Gasteiger partial charge in [0.15, 0.2) is 0 Å². The molecule has 0 fully saturated rings. The van der Waals surface area contributed by atoms with Crippen LogP contribution in [0.4, 0.5) is 0 Å². The normalized spacial score (nSPS) is 9.90. The van der Waals surface area contributed by atoms with Crippen molar-refractivity contribution in [3.8, 4) is 17.6 Å². The van der Waals surface area contributed by atoms with Crippen molar-refractivity contribution in [3.63, 3.8) is 0 Å². The number of aliphatic hydroxyl groups excluding tert-OH is 1. The summed E-state index contributed by atoms with van der Waals surface area (Å²) >= 11 is 0. The molecule has 0 aromatic heterocycles. The highest BCUT2D eigenvalue weighted by atomic mass is 16.5. The summed E-state index contributed by atoms with van der Waals surface area (Å²) in [6.07, 6.45) is 1.30. The molecule has 1 rings (SSSR count). The van der Waals surface area contributed by atoms with Crippen molar-refractivity contribution in [3.05, 3.63) is 29.8 Å². The van der Waals surface area contributed by atoms with Gasteiger partial charge in [0.05, 0.1) is 32.0 Å². The summed E-state index contributed by atoms with van der Waals surface area (Å²) in [6, 6.07) is 7.65. The van der Waals surface area contributed by atoms with Crippen LogP contribution in [0.2, 0.25) is 0 Å². The zero-order chi connectivity index (χ0) is 14.5. The Hall–Kier alpha value is -1.54. The number of rotatable bonds is 9. The summed E-state index contributed by atoms with van der Waals surface area (Å²) in [4.78, 5) is 0. The maximum Gasteiger partial charge on any atom is 0.134 e. The van der Waals surface area contributed by atoms with Gasteiger partial charge in [-0.1, -0.05) is 24.0 Å². The van der Waals surface area contributed by atoms with Crippen molar-refractivity contribution in [2.24, 2.45) is 0 Å². The average molecular weight is 278 g/mol. The molecule has 1 N–H and O–H groups in total. The first-order valence-electron chi connectivity index (χ1n) is 6.76.